The van der Waals surface area contributed by atoms with Crippen LogP contribution < -0.4 is 16.4 Å². The van der Waals surface area contributed by atoms with Crippen LogP contribution >= 0.6 is 0 Å². The first-order valence-electron chi connectivity index (χ1n) is 6.70. The molecule has 0 saturated heterocycles. The number of hydrogen-bond donors (Lipinski definition) is 3. The highest BCUT2D eigenvalue weighted by atomic mass is 16.1. The Morgan fingerprint density at radius 1 is 1.35 bits per heavy atom. The normalized spacial score (nSPS) is 13.4. The third-order valence-electron chi connectivity index (χ3n) is 3.18. The Balaban J connectivity index is 2.13. The van der Waals surface area contributed by atoms with Crippen molar-refractivity contribution in [1.82, 2.24) is 19.9 Å². The van der Waals surface area contributed by atoms with E-state index in [4.69, 9.17) is 0 Å². The van der Waals surface area contributed by atoms with E-state index in [9.17, 15) is 4.79 Å². The Labute approximate surface area is 115 Å². The van der Waals surface area contributed by atoms with E-state index in [0.29, 0.717) is 5.35 Å². The summed E-state index contributed by atoms with van der Waals surface area (Å²) in [4.78, 5) is 25.2. The molecule has 0 aromatic carbocycles. The van der Waals surface area contributed by atoms with E-state index in [1.54, 1.807) is 6.20 Å². The van der Waals surface area contributed by atoms with Gasteiger partial charge in [0.25, 0.3) is 5.56 Å². The van der Waals surface area contributed by atoms with Crippen molar-refractivity contribution in [3.8, 4) is 0 Å². The van der Waals surface area contributed by atoms with Gasteiger partial charge in [-0.2, -0.15) is 0 Å². The van der Waals surface area contributed by atoms with Crippen molar-refractivity contribution in [2.24, 2.45) is 0 Å². The molecule has 0 atom stereocenters. The molecule has 3 heterocycles. The zero-order chi connectivity index (χ0) is 13.9. The molecule has 0 aliphatic carbocycles. The summed E-state index contributed by atoms with van der Waals surface area (Å²) in [6.45, 7) is 2.10. The average Bonchev–Trinajstić information content (AvgIpc) is 3.02. The van der Waals surface area contributed by atoms with Gasteiger partial charge in [0.15, 0.2) is 0 Å². The molecule has 0 aliphatic heterocycles. The van der Waals surface area contributed by atoms with Crippen LogP contribution in [0.3, 0.4) is 0 Å². The number of aromatic amines is 3. The Bertz CT molecular complexity index is 898. The monoisotopic (exact) mass is 268 g/mol. The maximum Gasteiger partial charge on any atom is 0.273 e. The minimum atomic E-state index is -0.106. The number of aromatic nitrogens is 4. The maximum atomic E-state index is 11.9. The van der Waals surface area contributed by atoms with Crippen molar-refractivity contribution >= 4 is 23.2 Å². The topological polar surface area (TPSA) is 77.3 Å². The highest BCUT2D eigenvalue weighted by Gasteiger charge is 2.01. The number of unbranched alkanes of at least 4 members (excludes halogenated alkanes) is 1. The standard InChI is InChI=1S/C15H16N4O/c1-2-3-6-13-18-12(15(20)19-13)8-10-9-17-14-11(10)5-4-7-16-14/h4-9,18H,2-3H2,1H3,(H,16,17)(H,19,20)/b12-8-,13-6-. The fourth-order valence-corrected chi connectivity index (χ4v) is 2.17. The van der Waals surface area contributed by atoms with Gasteiger partial charge in [-0.05, 0) is 30.7 Å². The van der Waals surface area contributed by atoms with Crippen molar-refractivity contribution < 1.29 is 0 Å². The van der Waals surface area contributed by atoms with E-state index < -0.39 is 0 Å². The van der Waals surface area contributed by atoms with Gasteiger partial charge in [0.2, 0.25) is 0 Å². The molecule has 0 amide bonds. The fraction of sp³-hybridized carbons (Fsp3) is 0.200. The number of hydrogen-bond acceptors (Lipinski definition) is 2. The molecule has 0 saturated carbocycles. The SMILES string of the molecule is CCC/C=c1\[nH]c(=O)/c(=C/c2c[nH]c3ncccc23)[nH]1. The van der Waals surface area contributed by atoms with Crippen LogP contribution in [0.1, 0.15) is 25.3 Å². The first-order valence-corrected chi connectivity index (χ1v) is 6.70. The molecule has 0 radical (unpaired) electrons. The van der Waals surface area contributed by atoms with E-state index in [1.165, 1.54) is 0 Å². The van der Waals surface area contributed by atoms with Crippen molar-refractivity contribution in [2.45, 2.75) is 19.8 Å². The molecule has 0 fully saturated rings. The number of nitrogens with zero attached hydrogens (tertiary/aromatic N) is 1. The van der Waals surface area contributed by atoms with Crippen molar-refractivity contribution in [1.29, 1.82) is 0 Å². The lowest BCUT2D eigenvalue weighted by molar-refractivity contribution is 0.980. The van der Waals surface area contributed by atoms with Gasteiger partial charge in [-0.25, -0.2) is 4.98 Å². The molecule has 3 aromatic heterocycles. The number of H-pyrrole nitrogens is 3. The Kier molecular flexibility index (Phi) is 3.25. The number of imidazole rings is 1. The molecule has 20 heavy (non-hydrogen) atoms. The van der Waals surface area contributed by atoms with Crippen molar-refractivity contribution in [3.05, 3.63) is 51.3 Å². The largest absolute Gasteiger partial charge is 0.346 e. The van der Waals surface area contributed by atoms with Crippen LogP contribution in [0.25, 0.3) is 23.2 Å². The van der Waals surface area contributed by atoms with Gasteiger partial charge in [-0.15, -0.1) is 0 Å². The third kappa shape index (κ3) is 2.30. The van der Waals surface area contributed by atoms with Gasteiger partial charge in [0.05, 0.1) is 0 Å². The van der Waals surface area contributed by atoms with Crippen LogP contribution in [0, 0.1) is 0 Å². The molecular formula is C15H16N4O. The van der Waals surface area contributed by atoms with Crippen molar-refractivity contribution in [2.75, 3.05) is 0 Å². The lowest BCUT2D eigenvalue weighted by atomic mass is 10.2. The zero-order valence-electron chi connectivity index (χ0n) is 11.2. The first-order chi connectivity index (χ1) is 9.78. The second kappa shape index (κ2) is 5.21. The number of pyridine rings is 1. The molecule has 3 N–H and O–H groups in total. The molecule has 3 rings (SSSR count). The summed E-state index contributed by atoms with van der Waals surface area (Å²) >= 11 is 0. The van der Waals surface area contributed by atoms with E-state index in [-0.39, 0.29) is 5.56 Å². The van der Waals surface area contributed by atoms with Crippen LogP contribution in [0.15, 0.2) is 29.3 Å². The first kappa shape index (κ1) is 12.5. The highest BCUT2D eigenvalue weighted by Crippen LogP contribution is 2.15. The van der Waals surface area contributed by atoms with Crippen LogP contribution in [0.4, 0.5) is 0 Å². The average molecular weight is 268 g/mol. The van der Waals surface area contributed by atoms with E-state index >= 15 is 0 Å². The van der Waals surface area contributed by atoms with Crippen molar-refractivity contribution in [3.63, 3.8) is 0 Å². The smallest absolute Gasteiger partial charge is 0.273 e. The molecule has 0 spiro atoms. The Morgan fingerprint density at radius 2 is 2.25 bits per heavy atom. The van der Waals surface area contributed by atoms with Gasteiger partial charge in [-0.3, -0.25) is 4.79 Å². The summed E-state index contributed by atoms with van der Waals surface area (Å²) in [5.41, 5.74) is 2.42. The molecule has 0 bridgehead atoms. The number of nitrogens with one attached hydrogen (secondary N) is 3. The van der Waals surface area contributed by atoms with E-state index in [2.05, 4.69) is 26.9 Å². The van der Waals surface area contributed by atoms with Crippen LogP contribution in [-0.4, -0.2) is 19.9 Å². The van der Waals surface area contributed by atoms with Gasteiger partial charge >= 0.3 is 0 Å². The molecule has 102 valence electrons. The van der Waals surface area contributed by atoms with E-state index in [0.717, 1.165) is 34.9 Å². The van der Waals surface area contributed by atoms with Gasteiger partial charge in [0, 0.05) is 23.3 Å². The summed E-state index contributed by atoms with van der Waals surface area (Å²) in [7, 11) is 0. The van der Waals surface area contributed by atoms with Gasteiger partial charge < -0.3 is 15.0 Å². The second-order valence-electron chi connectivity index (χ2n) is 4.69. The van der Waals surface area contributed by atoms with Crippen LogP contribution in [0.5, 0.6) is 0 Å². The highest BCUT2D eigenvalue weighted by molar-refractivity contribution is 5.85. The van der Waals surface area contributed by atoms with E-state index in [1.807, 2.05) is 30.5 Å². The van der Waals surface area contributed by atoms with Crippen LogP contribution in [0.2, 0.25) is 0 Å². The minimum Gasteiger partial charge on any atom is -0.346 e. The lowest BCUT2D eigenvalue weighted by Gasteiger charge is -1.88. The zero-order valence-corrected chi connectivity index (χ0v) is 11.2. The Hall–Kier alpha value is -2.56. The summed E-state index contributed by atoms with van der Waals surface area (Å²) in [6, 6.07) is 3.86. The molecule has 0 aliphatic rings. The third-order valence-corrected chi connectivity index (χ3v) is 3.18. The quantitative estimate of drug-likeness (QED) is 0.662. The second-order valence-corrected chi connectivity index (χ2v) is 4.69. The summed E-state index contributed by atoms with van der Waals surface area (Å²) in [5, 5.41) is 1.55. The predicted octanol–water partition coefficient (Wildman–Crippen LogP) is 0.989. The number of rotatable bonds is 3. The molecule has 3 aromatic rings. The lowest BCUT2D eigenvalue weighted by Crippen LogP contribution is -2.22. The van der Waals surface area contributed by atoms with Crippen LogP contribution in [-0.2, 0) is 0 Å². The fourth-order valence-electron chi connectivity index (χ4n) is 2.17. The predicted molar refractivity (Wildman–Crippen MR) is 79.7 cm³/mol. The summed E-state index contributed by atoms with van der Waals surface area (Å²) in [6.07, 6.45) is 9.41. The summed E-state index contributed by atoms with van der Waals surface area (Å²) in [5.74, 6) is 0. The number of fused-ring (bicyclic) bond motifs is 1. The molecule has 5 heteroatoms. The Morgan fingerprint density at radius 3 is 3.10 bits per heavy atom. The van der Waals surface area contributed by atoms with Gasteiger partial charge in [0.1, 0.15) is 16.5 Å². The summed E-state index contributed by atoms with van der Waals surface area (Å²) < 4.78 is 0. The molecule has 0 unspecified atom stereocenters. The molecular weight excluding hydrogens is 252 g/mol. The minimum absolute atomic E-state index is 0.106. The van der Waals surface area contributed by atoms with Gasteiger partial charge in [-0.1, -0.05) is 13.3 Å². The maximum absolute atomic E-state index is 11.9. The molecule has 5 nitrogen and oxygen atoms in total.